The van der Waals surface area contributed by atoms with E-state index in [4.69, 9.17) is 14.6 Å². The molecule has 1 aromatic rings. The molecule has 1 rings (SSSR count). The Morgan fingerprint density at radius 3 is 2.31 bits per heavy atom. The Balaban J connectivity index is 2.79. The second kappa shape index (κ2) is 10.3. The van der Waals surface area contributed by atoms with Gasteiger partial charge in [-0.2, -0.15) is 0 Å². The van der Waals surface area contributed by atoms with Gasteiger partial charge in [-0.05, 0) is 24.1 Å². The first-order valence-electron chi connectivity index (χ1n) is 8.21. The highest BCUT2D eigenvalue weighted by atomic mass is 16.5. The number of carbonyl (C=O) groups is 3. The van der Waals surface area contributed by atoms with Gasteiger partial charge in [-0.1, -0.05) is 6.07 Å². The molecule has 0 saturated carbocycles. The molecule has 0 aromatic heterocycles. The highest BCUT2D eigenvalue weighted by molar-refractivity contribution is 5.79. The molecule has 0 aliphatic carbocycles. The van der Waals surface area contributed by atoms with Crippen LogP contribution in [-0.2, 0) is 14.4 Å². The van der Waals surface area contributed by atoms with Gasteiger partial charge in [-0.25, -0.2) is 0 Å². The maximum Gasteiger partial charge on any atom is 0.305 e. The SMILES string of the molecule is COc1ccc(C(CC(=O)O)NC(=O)CCCC(=O)N(C)C)cc1OC. The number of amides is 2. The van der Waals surface area contributed by atoms with Crippen molar-refractivity contribution in [1.29, 1.82) is 0 Å². The molecular weight excluding hydrogens is 340 g/mol. The van der Waals surface area contributed by atoms with E-state index in [1.54, 1.807) is 32.3 Å². The van der Waals surface area contributed by atoms with Gasteiger partial charge < -0.3 is 24.8 Å². The number of hydrogen-bond acceptors (Lipinski definition) is 5. The molecule has 0 fully saturated rings. The van der Waals surface area contributed by atoms with Crippen molar-refractivity contribution in [3.63, 3.8) is 0 Å². The summed E-state index contributed by atoms with van der Waals surface area (Å²) in [5, 5.41) is 11.9. The van der Waals surface area contributed by atoms with E-state index in [9.17, 15) is 14.4 Å². The minimum Gasteiger partial charge on any atom is -0.493 e. The Kier molecular flexibility index (Phi) is 8.41. The molecular formula is C18H26N2O6. The third-order valence-electron chi connectivity index (χ3n) is 3.82. The van der Waals surface area contributed by atoms with Crippen LogP contribution in [0.15, 0.2) is 18.2 Å². The maximum atomic E-state index is 12.2. The quantitative estimate of drug-likeness (QED) is 0.652. The molecule has 1 aromatic carbocycles. The molecule has 1 atom stereocenters. The van der Waals surface area contributed by atoms with Crippen LogP contribution in [0.25, 0.3) is 0 Å². The molecule has 0 spiro atoms. The standard InChI is InChI=1S/C18H26N2O6/c1-20(2)17(22)7-5-6-16(21)19-13(11-18(23)24)12-8-9-14(25-3)15(10-12)26-4/h8-10,13H,5-7,11H2,1-4H3,(H,19,21)(H,23,24). The normalized spacial score (nSPS) is 11.4. The maximum absolute atomic E-state index is 12.2. The van der Waals surface area contributed by atoms with Crippen LogP contribution in [0.4, 0.5) is 0 Å². The zero-order valence-electron chi connectivity index (χ0n) is 15.6. The predicted molar refractivity (Wildman–Crippen MR) is 95.2 cm³/mol. The molecule has 2 N–H and O–H groups in total. The summed E-state index contributed by atoms with van der Waals surface area (Å²) in [6.07, 6.45) is 0.537. The van der Waals surface area contributed by atoms with Crippen LogP contribution < -0.4 is 14.8 Å². The molecule has 1 unspecified atom stereocenters. The fraction of sp³-hybridized carbons (Fsp3) is 0.500. The molecule has 26 heavy (non-hydrogen) atoms. The number of carbonyl (C=O) groups excluding carboxylic acids is 2. The van der Waals surface area contributed by atoms with Crippen molar-refractivity contribution in [1.82, 2.24) is 10.2 Å². The van der Waals surface area contributed by atoms with Gasteiger partial charge in [0.1, 0.15) is 0 Å². The number of ether oxygens (including phenoxy) is 2. The van der Waals surface area contributed by atoms with Crippen molar-refractivity contribution in [3.05, 3.63) is 23.8 Å². The monoisotopic (exact) mass is 366 g/mol. The number of nitrogens with zero attached hydrogens (tertiary/aromatic N) is 1. The minimum absolute atomic E-state index is 0.0558. The lowest BCUT2D eigenvalue weighted by atomic mass is 10.0. The van der Waals surface area contributed by atoms with E-state index in [0.29, 0.717) is 23.5 Å². The van der Waals surface area contributed by atoms with Crippen molar-refractivity contribution >= 4 is 17.8 Å². The number of benzene rings is 1. The number of carboxylic acid groups (broad SMARTS) is 1. The van der Waals surface area contributed by atoms with Gasteiger partial charge in [0.25, 0.3) is 0 Å². The highest BCUT2D eigenvalue weighted by Crippen LogP contribution is 2.31. The van der Waals surface area contributed by atoms with Crippen LogP contribution in [0.5, 0.6) is 11.5 Å². The van der Waals surface area contributed by atoms with Crippen molar-refractivity contribution < 1.29 is 29.0 Å². The van der Waals surface area contributed by atoms with E-state index in [1.165, 1.54) is 19.1 Å². The van der Waals surface area contributed by atoms with E-state index in [-0.39, 0.29) is 31.1 Å². The molecule has 0 radical (unpaired) electrons. The van der Waals surface area contributed by atoms with Gasteiger partial charge in [0.05, 0.1) is 26.7 Å². The van der Waals surface area contributed by atoms with Gasteiger partial charge in [-0.15, -0.1) is 0 Å². The number of carboxylic acids is 1. The Hall–Kier alpha value is -2.77. The van der Waals surface area contributed by atoms with Gasteiger partial charge in [0.15, 0.2) is 11.5 Å². The summed E-state index contributed by atoms with van der Waals surface area (Å²) >= 11 is 0. The number of aliphatic carboxylic acids is 1. The third-order valence-corrected chi connectivity index (χ3v) is 3.82. The van der Waals surface area contributed by atoms with Crippen LogP contribution in [0, 0.1) is 0 Å². The number of hydrogen-bond donors (Lipinski definition) is 2. The van der Waals surface area contributed by atoms with E-state index < -0.39 is 12.0 Å². The van der Waals surface area contributed by atoms with Crippen LogP contribution in [0.1, 0.15) is 37.3 Å². The molecule has 8 nitrogen and oxygen atoms in total. The lowest BCUT2D eigenvalue weighted by Crippen LogP contribution is -2.30. The van der Waals surface area contributed by atoms with E-state index in [1.807, 2.05) is 0 Å². The Morgan fingerprint density at radius 2 is 1.77 bits per heavy atom. The highest BCUT2D eigenvalue weighted by Gasteiger charge is 2.20. The summed E-state index contributed by atoms with van der Waals surface area (Å²) in [7, 11) is 6.29. The molecule has 144 valence electrons. The largest absolute Gasteiger partial charge is 0.493 e. The molecule has 0 bridgehead atoms. The Labute approximate surface area is 153 Å². The van der Waals surface area contributed by atoms with Crippen molar-refractivity contribution in [2.45, 2.75) is 31.7 Å². The second-order valence-corrected chi connectivity index (χ2v) is 5.97. The van der Waals surface area contributed by atoms with Crippen LogP contribution in [-0.4, -0.2) is 56.1 Å². The van der Waals surface area contributed by atoms with Gasteiger partial charge in [0, 0.05) is 26.9 Å². The van der Waals surface area contributed by atoms with Gasteiger partial charge in [0.2, 0.25) is 11.8 Å². The average Bonchev–Trinajstić information content (AvgIpc) is 2.59. The lowest BCUT2D eigenvalue weighted by molar-refractivity contribution is -0.137. The Bertz CT molecular complexity index is 645. The van der Waals surface area contributed by atoms with Crippen molar-refractivity contribution in [2.24, 2.45) is 0 Å². The lowest BCUT2D eigenvalue weighted by Gasteiger charge is -2.19. The van der Waals surface area contributed by atoms with E-state index >= 15 is 0 Å². The topological polar surface area (TPSA) is 105 Å². The third kappa shape index (κ3) is 6.62. The van der Waals surface area contributed by atoms with Crippen LogP contribution in [0.3, 0.4) is 0 Å². The average molecular weight is 366 g/mol. The molecule has 2 amide bonds. The first kappa shape index (κ1) is 21.3. The first-order chi connectivity index (χ1) is 12.3. The molecule has 0 heterocycles. The summed E-state index contributed by atoms with van der Waals surface area (Å²) in [6.45, 7) is 0. The van der Waals surface area contributed by atoms with Crippen LogP contribution in [0.2, 0.25) is 0 Å². The fourth-order valence-corrected chi connectivity index (χ4v) is 2.39. The van der Waals surface area contributed by atoms with E-state index in [0.717, 1.165) is 0 Å². The number of rotatable bonds is 10. The number of methoxy groups -OCH3 is 2. The summed E-state index contributed by atoms with van der Waals surface area (Å²) in [5.74, 6) is -0.435. The van der Waals surface area contributed by atoms with Crippen molar-refractivity contribution in [3.8, 4) is 11.5 Å². The molecule has 0 aliphatic rings. The zero-order valence-corrected chi connectivity index (χ0v) is 15.6. The number of nitrogens with one attached hydrogen (secondary N) is 1. The van der Waals surface area contributed by atoms with Crippen molar-refractivity contribution in [2.75, 3.05) is 28.3 Å². The smallest absolute Gasteiger partial charge is 0.305 e. The first-order valence-corrected chi connectivity index (χ1v) is 8.21. The zero-order chi connectivity index (χ0) is 19.7. The molecule has 0 aliphatic heterocycles. The molecule has 0 saturated heterocycles. The van der Waals surface area contributed by atoms with Crippen LogP contribution >= 0.6 is 0 Å². The fourth-order valence-electron chi connectivity index (χ4n) is 2.39. The summed E-state index contributed by atoms with van der Waals surface area (Å²) in [4.78, 5) is 36.3. The second-order valence-electron chi connectivity index (χ2n) is 5.97. The predicted octanol–water partition coefficient (Wildman–Crippen LogP) is 1.59. The van der Waals surface area contributed by atoms with Gasteiger partial charge in [-0.3, -0.25) is 14.4 Å². The van der Waals surface area contributed by atoms with E-state index in [2.05, 4.69) is 5.32 Å². The minimum atomic E-state index is -1.03. The molecule has 8 heteroatoms. The summed E-state index contributed by atoms with van der Waals surface area (Å²) < 4.78 is 10.4. The summed E-state index contributed by atoms with van der Waals surface area (Å²) in [5.41, 5.74) is 0.600. The van der Waals surface area contributed by atoms with Gasteiger partial charge >= 0.3 is 5.97 Å². The Morgan fingerprint density at radius 1 is 1.12 bits per heavy atom. The summed E-state index contributed by atoms with van der Waals surface area (Å²) in [6, 6.07) is 4.28.